The van der Waals surface area contributed by atoms with E-state index in [1.54, 1.807) is 24.6 Å². The van der Waals surface area contributed by atoms with Gasteiger partial charge in [-0.25, -0.2) is 9.78 Å². The number of thiazole rings is 1. The Morgan fingerprint density at radius 3 is 2.93 bits per heavy atom. The van der Waals surface area contributed by atoms with Gasteiger partial charge >= 0.3 is 6.09 Å². The summed E-state index contributed by atoms with van der Waals surface area (Å²) < 4.78 is 16.2. The molecule has 1 saturated heterocycles. The highest BCUT2D eigenvalue weighted by molar-refractivity contribution is 7.16. The number of hydrogen-bond acceptors (Lipinski definition) is 7. The van der Waals surface area contributed by atoms with Crippen LogP contribution in [0.1, 0.15) is 17.7 Å². The number of nitrogens with zero attached hydrogens (tertiary/aromatic N) is 2. The zero-order valence-electron chi connectivity index (χ0n) is 14.6. The van der Waals surface area contributed by atoms with E-state index in [2.05, 4.69) is 15.3 Å². The fourth-order valence-corrected chi connectivity index (χ4v) is 4.06. The van der Waals surface area contributed by atoms with Crippen LogP contribution in [0.25, 0.3) is 11.5 Å². The van der Waals surface area contributed by atoms with Gasteiger partial charge in [-0.2, -0.15) is 0 Å². The van der Waals surface area contributed by atoms with E-state index in [1.807, 2.05) is 12.1 Å². The first-order valence-electron chi connectivity index (χ1n) is 8.78. The van der Waals surface area contributed by atoms with E-state index in [1.165, 1.54) is 17.5 Å². The number of carbonyl (C=O) groups is 1. The lowest BCUT2D eigenvalue weighted by molar-refractivity contribution is 0.0667. The largest absolute Gasteiger partial charge is 0.463 e. The molecule has 140 valence electrons. The van der Waals surface area contributed by atoms with Crippen LogP contribution in [0.4, 0.5) is 9.93 Å². The highest BCUT2D eigenvalue weighted by atomic mass is 32.1. The number of ether oxygens (including phenoxy) is 2. The van der Waals surface area contributed by atoms with Gasteiger partial charge < -0.3 is 13.9 Å². The fourth-order valence-electron chi connectivity index (χ4n) is 2.99. The average molecular weight is 385 g/mol. The smallest absolute Gasteiger partial charge is 0.418 e. The number of furan rings is 1. The van der Waals surface area contributed by atoms with Crippen molar-refractivity contribution in [2.75, 3.05) is 18.5 Å². The van der Waals surface area contributed by atoms with Crippen molar-refractivity contribution < 1.29 is 18.7 Å². The first-order chi connectivity index (χ1) is 13.3. The van der Waals surface area contributed by atoms with Gasteiger partial charge in [-0.3, -0.25) is 10.3 Å². The molecule has 4 rings (SSSR count). The van der Waals surface area contributed by atoms with E-state index >= 15 is 0 Å². The average Bonchev–Trinajstić information content (AvgIpc) is 3.33. The third-order valence-electron chi connectivity index (χ3n) is 4.32. The Labute approximate surface area is 160 Å². The summed E-state index contributed by atoms with van der Waals surface area (Å²) in [6.07, 6.45) is 7.06. The molecule has 0 unspecified atom stereocenters. The van der Waals surface area contributed by atoms with Crippen molar-refractivity contribution in [1.29, 1.82) is 0 Å². The van der Waals surface area contributed by atoms with E-state index in [4.69, 9.17) is 13.9 Å². The van der Waals surface area contributed by atoms with Crippen LogP contribution in [-0.2, 0) is 11.2 Å². The molecule has 0 atom stereocenters. The van der Waals surface area contributed by atoms with E-state index in [0.29, 0.717) is 22.6 Å². The lowest BCUT2D eigenvalue weighted by atomic mass is 9.95. The number of anilines is 1. The van der Waals surface area contributed by atoms with Gasteiger partial charge in [0.15, 0.2) is 16.6 Å². The standard InChI is InChI=1S/C19H19N3O4S/c23-19(26-14-3-1-7-20-12-14)22-18-21-17(15-4-2-8-25-15)16(27-18)11-13-5-9-24-10-6-13/h1-4,7-8,12-13H,5-6,9-11H2,(H,21,22,23). The van der Waals surface area contributed by atoms with Crippen LogP contribution in [0.5, 0.6) is 5.75 Å². The zero-order valence-corrected chi connectivity index (χ0v) is 15.4. The Hall–Kier alpha value is -2.71. The minimum absolute atomic E-state index is 0.375. The second kappa shape index (κ2) is 8.32. The van der Waals surface area contributed by atoms with Crippen LogP contribution in [0, 0.1) is 5.92 Å². The second-order valence-electron chi connectivity index (χ2n) is 6.23. The summed E-state index contributed by atoms with van der Waals surface area (Å²) in [6.45, 7) is 1.59. The van der Waals surface area contributed by atoms with Crippen molar-refractivity contribution in [3.63, 3.8) is 0 Å². The summed E-state index contributed by atoms with van der Waals surface area (Å²) in [7, 11) is 0. The number of pyridine rings is 1. The second-order valence-corrected chi connectivity index (χ2v) is 7.31. The minimum atomic E-state index is -0.597. The molecular weight excluding hydrogens is 366 g/mol. The molecule has 0 saturated carbocycles. The Kier molecular flexibility index (Phi) is 5.45. The summed E-state index contributed by atoms with van der Waals surface area (Å²) in [5.41, 5.74) is 0.771. The molecule has 1 amide bonds. The summed E-state index contributed by atoms with van der Waals surface area (Å²) in [4.78, 5) is 21.7. The molecule has 8 heteroatoms. The molecule has 3 aromatic heterocycles. The lowest BCUT2D eigenvalue weighted by Crippen LogP contribution is -2.17. The summed E-state index contributed by atoms with van der Waals surface area (Å²) in [6, 6.07) is 7.07. The maximum absolute atomic E-state index is 12.1. The van der Waals surface area contributed by atoms with Crippen LogP contribution in [0.15, 0.2) is 47.3 Å². The van der Waals surface area contributed by atoms with Crippen LogP contribution >= 0.6 is 11.3 Å². The molecule has 27 heavy (non-hydrogen) atoms. The minimum Gasteiger partial charge on any atom is -0.463 e. The third kappa shape index (κ3) is 4.53. The van der Waals surface area contributed by atoms with Crippen LogP contribution in [-0.4, -0.2) is 29.3 Å². The van der Waals surface area contributed by atoms with E-state index < -0.39 is 6.09 Å². The maximum Gasteiger partial charge on any atom is 0.418 e. The quantitative estimate of drug-likeness (QED) is 0.701. The van der Waals surface area contributed by atoms with Gasteiger partial charge in [0.1, 0.15) is 5.69 Å². The summed E-state index contributed by atoms with van der Waals surface area (Å²) >= 11 is 1.45. The number of hydrogen-bond donors (Lipinski definition) is 1. The first kappa shape index (κ1) is 17.7. The Morgan fingerprint density at radius 2 is 2.19 bits per heavy atom. The maximum atomic E-state index is 12.1. The van der Waals surface area contributed by atoms with Gasteiger partial charge in [0.25, 0.3) is 0 Å². The molecule has 1 aliphatic rings. The van der Waals surface area contributed by atoms with Crippen LogP contribution in [0.3, 0.4) is 0 Å². The Morgan fingerprint density at radius 1 is 1.30 bits per heavy atom. The summed E-state index contributed by atoms with van der Waals surface area (Å²) in [5, 5.41) is 3.19. The predicted molar refractivity (Wildman–Crippen MR) is 101 cm³/mol. The van der Waals surface area contributed by atoms with Gasteiger partial charge in [0.05, 0.1) is 12.5 Å². The molecule has 4 heterocycles. The third-order valence-corrected chi connectivity index (χ3v) is 5.31. The van der Waals surface area contributed by atoms with E-state index in [0.717, 1.165) is 43.0 Å². The number of nitrogens with one attached hydrogen (secondary N) is 1. The molecule has 0 radical (unpaired) electrons. The zero-order chi connectivity index (χ0) is 18.5. The number of rotatable bonds is 5. The molecule has 0 spiro atoms. The molecule has 0 aromatic carbocycles. The SMILES string of the molecule is O=C(Nc1nc(-c2ccco2)c(CC2CCOCC2)s1)Oc1cccnc1. The van der Waals surface area contributed by atoms with Crippen molar-refractivity contribution in [1.82, 2.24) is 9.97 Å². The Bertz CT molecular complexity index is 874. The van der Waals surface area contributed by atoms with Gasteiger partial charge in [-0.1, -0.05) is 0 Å². The molecule has 1 aliphatic heterocycles. The van der Waals surface area contributed by atoms with Crippen LogP contribution in [0.2, 0.25) is 0 Å². The highest BCUT2D eigenvalue weighted by Crippen LogP contribution is 2.35. The topological polar surface area (TPSA) is 86.5 Å². The van der Waals surface area contributed by atoms with Gasteiger partial charge in [0.2, 0.25) is 0 Å². The van der Waals surface area contributed by atoms with Gasteiger partial charge in [-0.05, 0) is 49.4 Å². The highest BCUT2D eigenvalue weighted by Gasteiger charge is 2.22. The molecular formula is C19H19N3O4S. The molecule has 3 aromatic rings. The van der Waals surface area contributed by atoms with Crippen molar-refractivity contribution >= 4 is 22.6 Å². The van der Waals surface area contributed by atoms with Crippen LogP contribution < -0.4 is 10.1 Å². The predicted octanol–water partition coefficient (Wildman–Crippen LogP) is 4.38. The lowest BCUT2D eigenvalue weighted by Gasteiger charge is -2.21. The number of carbonyl (C=O) groups excluding carboxylic acids is 1. The van der Waals surface area contributed by atoms with E-state index in [9.17, 15) is 4.79 Å². The molecule has 0 bridgehead atoms. The molecule has 1 fully saturated rings. The van der Waals surface area contributed by atoms with Crippen molar-refractivity contribution in [3.05, 3.63) is 47.8 Å². The fraction of sp³-hybridized carbons (Fsp3) is 0.316. The van der Waals surface area contributed by atoms with Gasteiger partial charge in [-0.15, -0.1) is 11.3 Å². The monoisotopic (exact) mass is 385 g/mol. The summed E-state index contributed by atoms with van der Waals surface area (Å²) in [5.74, 6) is 1.62. The first-order valence-corrected chi connectivity index (χ1v) is 9.60. The van der Waals surface area contributed by atoms with E-state index in [-0.39, 0.29) is 0 Å². The van der Waals surface area contributed by atoms with Gasteiger partial charge in [0, 0.05) is 24.3 Å². The normalized spacial score (nSPS) is 14.8. The van der Waals surface area contributed by atoms with Crippen molar-refractivity contribution in [3.8, 4) is 17.2 Å². The number of amides is 1. The molecule has 1 N–H and O–H groups in total. The Balaban J connectivity index is 1.50. The molecule has 7 nitrogen and oxygen atoms in total. The van der Waals surface area contributed by atoms with Crippen molar-refractivity contribution in [2.45, 2.75) is 19.3 Å². The number of aromatic nitrogens is 2. The van der Waals surface area contributed by atoms with Crippen molar-refractivity contribution in [2.24, 2.45) is 5.92 Å². The molecule has 0 aliphatic carbocycles.